The lowest BCUT2D eigenvalue weighted by Crippen LogP contribution is -2.25. The molecule has 0 aromatic heterocycles. The summed E-state index contributed by atoms with van der Waals surface area (Å²) in [5.41, 5.74) is 1.50. The summed E-state index contributed by atoms with van der Waals surface area (Å²) in [6.45, 7) is 1.43. The molecule has 0 spiro atoms. The molecule has 3 rings (SSSR count). The van der Waals surface area contributed by atoms with E-state index in [4.69, 9.17) is 0 Å². The van der Waals surface area contributed by atoms with Crippen molar-refractivity contribution in [2.75, 3.05) is 23.7 Å². The van der Waals surface area contributed by atoms with Gasteiger partial charge in [0.2, 0.25) is 5.91 Å². The molecule has 1 aliphatic heterocycles. The number of carbonyl (C=O) groups is 2. The Bertz CT molecular complexity index is 716. The molecule has 4 nitrogen and oxygen atoms in total. The van der Waals surface area contributed by atoms with Gasteiger partial charge in [0, 0.05) is 35.7 Å². The van der Waals surface area contributed by atoms with Crippen LogP contribution in [0.2, 0.25) is 0 Å². The molecule has 25 heavy (non-hydrogen) atoms. The van der Waals surface area contributed by atoms with Crippen LogP contribution in [0, 0.1) is 0 Å². The van der Waals surface area contributed by atoms with Crippen molar-refractivity contribution in [3.8, 4) is 0 Å². The van der Waals surface area contributed by atoms with Gasteiger partial charge < -0.3 is 10.2 Å². The number of hydrogen-bond donors (Lipinski definition) is 1. The first kappa shape index (κ1) is 17.5. The number of carbonyl (C=O) groups excluding carboxylic acids is 2. The van der Waals surface area contributed by atoms with Crippen LogP contribution in [0.3, 0.4) is 0 Å². The van der Waals surface area contributed by atoms with Gasteiger partial charge in [-0.25, -0.2) is 0 Å². The highest BCUT2D eigenvalue weighted by molar-refractivity contribution is 7.99. The van der Waals surface area contributed by atoms with E-state index in [1.165, 1.54) is 4.90 Å². The van der Waals surface area contributed by atoms with Crippen molar-refractivity contribution in [3.05, 3.63) is 60.2 Å². The smallest absolute Gasteiger partial charge is 0.251 e. The zero-order valence-corrected chi connectivity index (χ0v) is 14.9. The van der Waals surface area contributed by atoms with E-state index in [1.807, 2.05) is 30.3 Å². The normalized spacial score (nSPS) is 13.9. The third kappa shape index (κ3) is 4.86. The number of rotatable bonds is 7. The molecule has 130 valence electrons. The minimum absolute atomic E-state index is 0.0657. The van der Waals surface area contributed by atoms with Gasteiger partial charge >= 0.3 is 0 Å². The summed E-state index contributed by atoms with van der Waals surface area (Å²) in [4.78, 5) is 27.0. The van der Waals surface area contributed by atoms with E-state index in [0.717, 1.165) is 30.8 Å². The second-order valence-electron chi connectivity index (χ2n) is 5.97. The first-order valence-corrected chi connectivity index (χ1v) is 9.59. The quantitative estimate of drug-likeness (QED) is 0.609. The van der Waals surface area contributed by atoms with Crippen LogP contribution < -0.4 is 10.2 Å². The Hall–Kier alpha value is -2.27. The Labute approximate surface area is 152 Å². The number of nitrogens with zero attached hydrogens (tertiary/aromatic N) is 1. The lowest BCUT2D eigenvalue weighted by atomic mass is 10.2. The van der Waals surface area contributed by atoms with Gasteiger partial charge in [-0.05, 0) is 55.0 Å². The highest BCUT2D eigenvalue weighted by atomic mass is 32.2. The molecule has 2 amide bonds. The molecule has 1 saturated heterocycles. The molecule has 1 aliphatic rings. The number of nitrogens with one attached hydrogen (secondary N) is 1. The molecule has 0 unspecified atom stereocenters. The highest BCUT2D eigenvalue weighted by Crippen LogP contribution is 2.21. The average molecular weight is 354 g/mol. The summed E-state index contributed by atoms with van der Waals surface area (Å²) in [5, 5.41) is 2.95. The molecule has 1 N–H and O–H groups in total. The second-order valence-corrected chi connectivity index (χ2v) is 7.14. The molecule has 0 bridgehead atoms. The standard InChI is InChI=1S/C20H22N2O2S/c23-19-8-4-14-22(19)17-11-9-16(10-12-17)20(24)21-13-5-15-25-18-6-2-1-3-7-18/h1-3,6-7,9-12H,4-5,8,13-15H2,(H,21,24). The first-order chi connectivity index (χ1) is 12.2. The number of amides is 2. The van der Waals surface area contributed by atoms with Crippen molar-refractivity contribution in [3.63, 3.8) is 0 Å². The molecule has 0 atom stereocenters. The summed E-state index contributed by atoms with van der Waals surface area (Å²) in [6.07, 6.45) is 2.44. The third-order valence-electron chi connectivity index (χ3n) is 4.13. The number of hydrogen-bond acceptors (Lipinski definition) is 3. The number of benzene rings is 2. The van der Waals surface area contributed by atoms with E-state index in [9.17, 15) is 9.59 Å². The van der Waals surface area contributed by atoms with Crippen LogP contribution in [0.5, 0.6) is 0 Å². The predicted molar refractivity (Wildman–Crippen MR) is 102 cm³/mol. The Morgan fingerprint density at radius 1 is 1.08 bits per heavy atom. The monoisotopic (exact) mass is 354 g/mol. The Balaban J connectivity index is 1.41. The lowest BCUT2D eigenvalue weighted by Gasteiger charge is -2.15. The number of thioether (sulfide) groups is 1. The highest BCUT2D eigenvalue weighted by Gasteiger charge is 2.21. The minimum Gasteiger partial charge on any atom is -0.352 e. The molecule has 2 aromatic carbocycles. The molecule has 0 aliphatic carbocycles. The van der Waals surface area contributed by atoms with Gasteiger partial charge in [-0.15, -0.1) is 11.8 Å². The molecular formula is C20H22N2O2S. The van der Waals surface area contributed by atoms with Crippen LogP contribution in [0.15, 0.2) is 59.5 Å². The molecule has 0 radical (unpaired) electrons. The Morgan fingerprint density at radius 3 is 2.52 bits per heavy atom. The van der Waals surface area contributed by atoms with Crippen molar-refractivity contribution in [1.82, 2.24) is 5.32 Å². The van der Waals surface area contributed by atoms with Gasteiger partial charge in [-0.3, -0.25) is 9.59 Å². The van der Waals surface area contributed by atoms with Crippen LogP contribution >= 0.6 is 11.8 Å². The maximum atomic E-state index is 12.2. The second kappa shape index (κ2) is 8.72. The summed E-state index contributed by atoms with van der Waals surface area (Å²) in [6, 6.07) is 17.5. The maximum Gasteiger partial charge on any atom is 0.251 e. The van der Waals surface area contributed by atoms with Gasteiger partial charge in [0.05, 0.1) is 0 Å². The Morgan fingerprint density at radius 2 is 1.84 bits per heavy atom. The predicted octanol–water partition coefficient (Wildman–Crippen LogP) is 3.73. The van der Waals surface area contributed by atoms with Crippen LogP contribution in [-0.4, -0.2) is 30.7 Å². The summed E-state index contributed by atoms with van der Waals surface area (Å²) < 4.78 is 0. The van der Waals surface area contributed by atoms with Crippen molar-refractivity contribution < 1.29 is 9.59 Å². The van der Waals surface area contributed by atoms with E-state index in [1.54, 1.807) is 28.8 Å². The van der Waals surface area contributed by atoms with Gasteiger partial charge in [0.15, 0.2) is 0 Å². The van der Waals surface area contributed by atoms with E-state index in [-0.39, 0.29) is 11.8 Å². The fourth-order valence-electron chi connectivity index (χ4n) is 2.80. The SMILES string of the molecule is O=C(NCCCSc1ccccc1)c1ccc(N2CCCC2=O)cc1. The number of anilines is 1. The fourth-order valence-corrected chi connectivity index (χ4v) is 3.67. The van der Waals surface area contributed by atoms with E-state index in [2.05, 4.69) is 17.4 Å². The van der Waals surface area contributed by atoms with Gasteiger partial charge in [-0.1, -0.05) is 18.2 Å². The van der Waals surface area contributed by atoms with E-state index < -0.39 is 0 Å². The van der Waals surface area contributed by atoms with Crippen molar-refractivity contribution in [1.29, 1.82) is 0 Å². The van der Waals surface area contributed by atoms with E-state index in [0.29, 0.717) is 18.5 Å². The summed E-state index contributed by atoms with van der Waals surface area (Å²) in [5.74, 6) is 1.07. The minimum atomic E-state index is -0.0657. The van der Waals surface area contributed by atoms with Crippen molar-refractivity contribution in [2.45, 2.75) is 24.2 Å². The molecule has 0 saturated carbocycles. The van der Waals surface area contributed by atoms with Gasteiger partial charge in [0.1, 0.15) is 0 Å². The Kier molecular flexibility index (Phi) is 6.12. The zero-order valence-electron chi connectivity index (χ0n) is 14.1. The molecule has 1 fully saturated rings. The van der Waals surface area contributed by atoms with Crippen LogP contribution in [0.4, 0.5) is 5.69 Å². The van der Waals surface area contributed by atoms with Gasteiger partial charge in [0.25, 0.3) is 5.91 Å². The van der Waals surface area contributed by atoms with Crippen LogP contribution in [0.25, 0.3) is 0 Å². The average Bonchev–Trinajstić information content (AvgIpc) is 3.08. The summed E-state index contributed by atoms with van der Waals surface area (Å²) in [7, 11) is 0. The zero-order chi connectivity index (χ0) is 17.5. The third-order valence-corrected chi connectivity index (χ3v) is 5.23. The molecule has 5 heteroatoms. The van der Waals surface area contributed by atoms with E-state index >= 15 is 0 Å². The lowest BCUT2D eigenvalue weighted by molar-refractivity contribution is -0.117. The maximum absolute atomic E-state index is 12.2. The van der Waals surface area contributed by atoms with Crippen LogP contribution in [-0.2, 0) is 4.79 Å². The molecular weight excluding hydrogens is 332 g/mol. The van der Waals surface area contributed by atoms with Gasteiger partial charge in [-0.2, -0.15) is 0 Å². The largest absolute Gasteiger partial charge is 0.352 e. The van der Waals surface area contributed by atoms with Crippen LogP contribution in [0.1, 0.15) is 29.6 Å². The summed E-state index contributed by atoms with van der Waals surface area (Å²) >= 11 is 1.80. The topological polar surface area (TPSA) is 49.4 Å². The first-order valence-electron chi connectivity index (χ1n) is 8.60. The molecule has 2 aromatic rings. The van der Waals surface area contributed by atoms with Crippen molar-refractivity contribution >= 4 is 29.3 Å². The molecule has 1 heterocycles. The van der Waals surface area contributed by atoms with Crippen molar-refractivity contribution in [2.24, 2.45) is 0 Å². The fraction of sp³-hybridized carbons (Fsp3) is 0.300.